The minimum Gasteiger partial charge on any atom is -0.371 e. The maximum absolute atomic E-state index is 5.90. The first-order valence-electron chi connectivity index (χ1n) is 6.13. The smallest absolute Gasteiger partial charge is 0.0950 e. The van der Waals surface area contributed by atoms with Crippen LogP contribution in [-0.4, -0.2) is 19.2 Å². The molecule has 0 saturated carbocycles. The Bertz CT molecular complexity index is 354. The van der Waals surface area contributed by atoms with Crippen LogP contribution in [0.15, 0.2) is 18.2 Å². The van der Waals surface area contributed by atoms with Gasteiger partial charge in [0.1, 0.15) is 0 Å². The SMILES string of the molecule is CCC1COC(c2ccc(C)c(C)c2)CN1. The molecule has 2 rings (SSSR count). The van der Waals surface area contributed by atoms with Crippen molar-refractivity contribution in [1.29, 1.82) is 0 Å². The molecular weight excluding hydrogens is 198 g/mol. The molecule has 0 amide bonds. The summed E-state index contributed by atoms with van der Waals surface area (Å²) in [5.74, 6) is 0. The minimum absolute atomic E-state index is 0.224. The Morgan fingerprint density at radius 1 is 1.31 bits per heavy atom. The van der Waals surface area contributed by atoms with E-state index in [2.05, 4.69) is 44.3 Å². The highest BCUT2D eigenvalue weighted by Gasteiger charge is 2.21. The number of hydrogen-bond acceptors (Lipinski definition) is 2. The van der Waals surface area contributed by atoms with E-state index >= 15 is 0 Å². The summed E-state index contributed by atoms with van der Waals surface area (Å²) in [7, 11) is 0. The van der Waals surface area contributed by atoms with Crippen LogP contribution in [0.25, 0.3) is 0 Å². The third-order valence-corrected chi connectivity index (χ3v) is 3.49. The highest BCUT2D eigenvalue weighted by molar-refractivity contribution is 5.31. The molecule has 1 fully saturated rings. The fourth-order valence-electron chi connectivity index (χ4n) is 2.07. The van der Waals surface area contributed by atoms with Crippen molar-refractivity contribution < 1.29 is 4.74 Å². The molecule has 2 nitrogen and oxygen atoms in total. The Kier molecular flexibility index (Phi) is 3.62. The van der Waals surface area contributed by atoms with Crippen molar-refractivity contribution in [2.45, 2.75) is 39.3 Å². The van der Waals surface area contributed by atoms with Crippen LogP contribution < -0.4 is 5.32 Å². The zero-order chi connectivity index (χ0) is 11.5. The second-order valence-electron chi connectivity index (χ2n) is 4.68. The quantitative estimate of drug-likeness (QED) is 0.826. The van der Waals surface area contributed by atoms with Crippen molar-refractivity contribution in [2.24, 2.45) is 0 Å². The topological polar surface area (TPSA) is 21.3 Å². The normalized spacial score (nSPS) is 25.7. The van der Waals surface area contributed by atoms with Gasteiger partial charge in [-0.1, -0.05) is 25.1 Å². The van der Waals surface area contributed by atoms with Crippen LogP contribution in [0.5, 0.6) is 0 Å². The maximum atomic E-state index is 5.90. The van der Waals surface area contributed by atoms with Gasteiger partial charge in [-0.25, -0.2) is 0 Å². The maximum Gasteiger partial charge on any atom is 0.0950 e. The zero-order valence-electron chi connectivity index (χ0n) is 10.4. The Labute approximate surface area is 98.0 Å². The summed E-state index contributed by atoms with van der Waals surface area (Å²) in [6.07, 6.45) is 1.36. The molecule has 2 unspecified atom stereocenters. The molecule has 2 atom stereocenters. The molecule has 16 heavy (non-hydrogen) atoms. The van der Waals surface area contributed by atoms with Gasteiger partial charge in [-0.15, -0.1) is 0 Å². The fourth-order valence-corrected chi connectivity index (χ4v) is 2.07. The molecule has 0 aliphatic carbocycles. The van der Waals surface area contributed by atoms with Crippen LogP contribution >= 0.6 is 0 Å². The number of rotatable bonds is 2. The molecule has 2 heteroatoms. The van der Waals surface area contributed by atoms with Crippen LogP contribution in [0.1, 0.15) is 36.1 Å². The average molecular weight is 219 g/mol. The Balaban J connectivity index is 2.05. The molecule has 1 aliphatic heterocycles. The van der Waals surface area contributed by atoms with Gasteiger partial charge in [0.15, 0.2) is 0 Å². The van der Waals surface area contributed by atoms with Gasteiger partial charge in [0.2, 0.25) is 0 Å². The number of hydrogen-bond donors (Lipinski definition) is 1. The summed E-state index contributed by atoms with van der Waals surface area (Å²) in [4.78, 5) is 0. The van der Waals surface area contributed by atoms with Crippen molar-refractivity contribution in [1.82, 2.24) is 5.32 Å². The van der Waals surface area contributed by atoms with Crippen molar-refractivity contribution in [3.05, 3.63) is 34.9 Å². The van der Waals surface area contributed by atoms with Crippen LogP contribution in [0, 0.1) is 13.8 Å². The van der Waals surface area contributed by atoms with E-state index in [9.17, 15) is 0 Å². The first-order valence-corrected chi connectivity index (χ1v) is 6.13. The van der Waals surface area contributed by atoms with Gasteiger partial charge in [0.25, 0.3) is 0 Å². The van der Waals surface area contributed by atoms with E-state index in [-0.39, 0.29) is 6.10 Å². The summed E-state index contributed by atoms with van der Waals surface area (Å²) in [5.41, 5.74) is 3.99. The van der Waals surface area contributed by atoms with Gasteiger partial charge in [0, 0.05) is 12.6 Å². The number of ether oxygens (including phenoxy) is 1. The van der Waals surface area contributed by atoms with Gasteiger partial charge in [-0.05, 0) is 37.0 Å². The lowest BCUT2D eigenvalue weighted by Gasteiger charge is -2.30. The molecule has 1 heterocycles. The van der Waals surface area contributed by atoms with Crippen molar-refractivity contribution in [3.8, 4) is 0 Å². The molecule has 1 saturated heterocycles. The highest BCUT2D eigenvalue weighted by atomic mass is 16.5. The molecule has 0 aromatic heterocycles. The molecule has 1 aromatic carbocycles. The summed E-state index contributed by atoms with van der Waals surface area (Å²) in [6.45, 7) is 8.25. The van der Waals surface area contributed by atoms with Crippen molar-refractivity contribution >= 4 is 0 Å². The fraction of sp³-hybridized carbons (Fsp3) is 0.571. The van der Waals surface area contributed by atoms with Crippen LogP contribution in [0.4, 0.5) is 0 Å². The summed E-state index contributed by atoms with van der Waals surface area (Å²) >= 11 is 0. The van der Waals surface area contributed by atoms with E-state index in [1.165, 1.54) is 16.7 Å². The second kappa shape index (κ2) is 4.98. The number of benzene rings is 1. The van der Waals surface area contributed by atoms with Gasteiger partial charge >= 0.3 is 0 Å². The zero-order valence-corrected chi connectivity index (χ0v) is 10.4. The molecule has 0 bridgehead atoms. The molecule has 1 N–H and O–H groups in total. The Morgan fingerprint density at radius 2 is 2.12 bits per heavy atom. The van der Waals surface area contributed by atoms with Gasteiger partial charge in [-0.2, -0.15) is 0 Å². The summed E-state index contributed by atoms with van der Waals surface area (Å²) in [5, 5.41) is 3.53. The predicted molar refractivity (Wildman–Crippen MR) is 66.7 cm³/mol. The standard InChI is InChI=1S/C14H21NO/c1-4-13-9-16-14(8-15-13)12-6-5-10(2)11(3)7-12/h5-7,13-15H,4,8-9H2,1-3H3. The Hall–Kier alpha value is -0.860. The van der Waals surface area contributed by atoms with E-state index in [0.717, 1.165) is 19.6 Å². The first-order chi connectivity index (χ1) is 7.70. The van der Waals surface area contributed by atoms with E-state index in [4.69, 9.17) is 4.74 Å². The second-order valence-corrected chi connectivity index (χ2v) is 4.68. The van der Waals surface area contributed by atoms with Crippen molar-refractivity contribution in [2.75, 3.05) is 13.2 Å². The summed E-state index contributed by atoms with van der Waals surface area (Å²) < 4.78 is 5.90. The predicted octanol–water partition coefficient (Wildman–Crippen LogP) is 2.74. The van der Waals surface area contributed by atoms with Crippen molar-refractivity contribution in [3.63, 3.8) is 0 Å². The first kappa shape index (κ1) is 11.6. The lowest BCUT2D eigenvalue weighted by molar-refractivity contribution is 0.00220. The molecular formula is C14H21NO. The lowest BCUT2D eigenvalue weighted by Crippen LogP contribution is -2.42. The molecule has 0 spiro atoms. The monoisotopic (exact) mass is 219 g/mol. The van der Waals surface area contributed by atoms with E-state index in [0.29, 0.717) is 6.04 Å². The number of aryl methyl sites for hydroxylation is 2. The van der Waals surface area contributed by atoms with Crippen LogP contribution in [0.3, 0.4) is 0 Å². The third kappa shape index (κ3) is 2.45. The van der Waals surface area contributed by atoms with Crippen LogP contribution in [0.2, 0.25) is 0 Å². The average Bonchev–Trinajstić information content (AvgIpc) is 2.33. The number of nitrogens with one attached hydrogen (secondary N) is 1. The van der Waals surface area contributed by atoms with E-state index in [1.54, 1.807) is 0 Å². The summed E-state index contributed by atoms with van der Waals surface area (Å²) in [6, 6.07) is 7.14. The van der Waals surface area contributed by atoms with E-state index < -0.39 is 0 Å². The minimum atomic E-state index is 0.224. The van der Waals surface area contributed by atoms with Gasteiger partial charge < -0.3 is 10.1 Å². The van der Waals surface area contributed by atoms with Gasteiger partial charge in [-0.3, -0.25) is 0 Å². The highest BCUT2D eigenvalue weighted by Crippen LogP contribution is 2.22. The van der Waals surface area contributed by atoms with Crippen LogP contribution in [-0.2, 0) is 4.74 Å². The molecule has 88 valence electrons. The molecule has 1 aromatic rings. The third-order valence-electron chi connectivity index (χ3n) is 3.49. The van der Waals surface area contributed by atoms with E-state index in [1.807, 2.05) is 0 Å². The van der Waals surface area contributed by atoms with Gasteiger partial charge in [0.05, 0.1) is 12.7 Å². The molecule has 1 aliphatic rings. The lowest BCUT2D eigenvalue weighted by atomic mass is 10.0. The molecule has 0 radical (unpaired) electrons. The largest absolute Gasteiger partial charge is 0.371 e. The number of morpholine rings is 1. The Morgan fingerprint density at radius 3 is 2.69 bits per heavy atom.